The van der Waals surface area contributed by atoms with E-state index in [2.05, 4.69) is 13.8 Å². The number of ether oxygens (including phenoxy) is 2. The number of hydrogen-bond acceptors (Lipinski definition) is 4. The minimum absolute atomic E-state index is 0.269. The van der Waals surface area contributed by atoms with Gasteiger partial charge in [-0.2, -0.15) is 0 Å². The number of benzene rings is 2. The lowest BCUT2D eigenvalue weighted by Crippen LogP contribution is -2.22. The molecule has 0 heterocycles. The van der Waals surface area contributed by atoms with Gasteiger partial charge in [0.05, 0.1) is 18.7 Å². The van der Waals surface area contributed by atoms with Crippen LogP contribution < -0.4 is 0 Å². The van der Waals surface area contributed by atoms with Crippen molar-refractivity contribution in [2.75, 3.05) is 13.2 Å². The Morgan fingerprint density at radius 2 is 1.42 bits per heavy atom. The van der Waals surface area contributed by atoms with Crippen LogP contribution in [0.15, 0.2) is 65.7 Å². The molecule has 0 spiro atoms. The maximum Gasteiger partial charge on any atom is 0.338 e. The Hall–Kier alpha value is -2.62. The number of carbonyl (C=O) groups excluding carboxylic acids is 1. The van der Waals surface area contributed by atoms with Crippen LogP contribution in [0.4, 0.5) is 0 Å². The van der Waals surface area contributed by atoms with Crippen molar-refractivity contribution >= 4 is 11.9 Å². The van der Waals surface area contributed by atoms with Crippen LogP contribution in [-0.4, -0.2) is 31.1 Å². The van der Waals surface area contributed by atoms with E-state index in [-0.39, 0.29) is 12.1 Å². The summed E-state index contributed by atoms with van der Waals surface area (Å²) < 4.78 is 11.8. The zero-order chi connectivity index (χ0) is 22.2. The Labute approximate surface area is 187 Å². The van der Waals surface area contributed by atoms with Gasteiger partial charge in [0.15, 0.2) is 0 Å². The Balaban J connectivity index is 1.96. The van der Waals surface area contributed by atoms with Crippen molar-refractivity contribution < 1.29 is 14.3 Å². The summed E-state index contributed by atoms with van der Waals surface area (Å²) in [5, 5.41) is 0. The number of hydrogen-bond donors (Lipinski definition) is 0. The highest BCUT2D eigenvalue weighted by molar-refractivity contribution is 5.94. The summed E-state index contributed by atoms with van der Waals surface area (Å²) in [6, 6.07) is 19.1. The fourth-order valence-electron chi connectivity index (χ4n) is 3.34. The third kappa shape index (κ3) is 9.82. The summed E-state index contributed by atoms with van der Waals surface area (Å²) in [6.45, 7) is 5.37. The molecule has 0 N–H and O–H groups in total. The molecule has 168 valence electrons. The number of rotatable bonds is 14. The minimum Gasteiger partial charge on any atom is -0.477 e. The molecule has 0 aliphatic heterocycles. The van der Waals surface area contributed by atoms with Crippen molar-refractivity contribution in [2.45, 2.75) is 71.3 Å². The second kappa shape index (κ2) is 15.2. The van der Waals surface area contributed by atoms with Crippen LogP contribution in [0.25, 0.3) is 0 Å². The summed E-state index contributed by atoms with van der Waals surface area (Å²) in [4.78, 5) is 17.2. The smallest absolute Gasteiger partial charge is 0.338 e. The molecular weight excluding hydrogens is 386 g/mol. The normalized spacial score (nSPS) is 12.4. The average Bonchev–Trinajstić information content (AvgIpc) is 2.81. The lowest BCUT2D eigenvalue weighted by atomic mass is 10.1. The molecule has 0 fully saturated rings. The molecule has 0 bridgehead atoms. The van der Waals surface area contributed by atoms with Crippen LogP contribution in [0, 0.1) is 0 Å². The zero-order valence-corrected chi connectivity index (χ0v) is 19.1. The lowest BCUT2D eigenvalue weighted by molar-refractivity contribution is 0.0300. The van der Waals surface area contributed by atoms with Gasteiger partial charge in [-0.25, -0.2) is 9.79 Å². The van der Waals surface area contributed by atoms with Gasteiger partial charge >= 0.3 is 5.97 Å². The van der Waals surface area contributed by atoms with Crippen molar-refractivity contribution in [2.24, 2.45) is 4.99 Å². The Morgan fingerprint density at radius 1 is 0.806 bits per heavy atom. The van der Waals surface area contributed by atoms with E-state index in [1.165, 1.54) is 32.1 Å². The summed E-state index contributed by atoms with van der Waals surface area (Å²) >= 11 is 0. The average molecular weight is 424 g/mol. The highest BCUT2D eigenvalue weighted by atomic mass is 16.5. The lowest BCUT2D eigenvalue weighted by Gasteiger charge is -2.17. The first-order valence-corrected chi connectivity index (χ1v) is 11.7. The molecule has 2 aromatic carbocycles. The molecule has 0 aromatic heterocycles. The first kappa shape index (κ1) is 24.6. The number of nitrogens with zero attached hydrogens (tertiary/aromatic N) is 1. The molecule has 2 rings (SSSR count). The first-order chi connectivity index (χ1) is 15.2. The molecule has 0 aliphatic rings. The molecule has 1 unspecified atom stereocenters. The van der Waals surface area contributed by atoms with E-state index in [9.17, 15) is 4.79 Å². The topological polar surface area (TPSA) is 47.9 Å². The molecule has 0 saturated heterocycles. The summed E-state index contributed by atoms with van der Waals surface area (Å²) in [7, 11) is 0. The predicted molar refractivity (Wildman–Crippen MR) is 128 cm³/mol. The summed E-state index contributed by atoms with van der Waals surface area (Å²) in [6.07, 6.45) is 8.72. The summed E-state index contributed by atoms with van der Waals surface area (Å²) in [5.41, 5.74) is 1.52. The van der Waals surface area contributed by atoms with Crippen molar-refractivity contribution in [3.05, 3.63) is 71.8 Å². The zero-order valence-electron chi connectivity index (χ0n) is 19.1. The quantitative estimate of drug-likeness (QED) is 0.145. The monoisotopic (exact) mass is 423 g/mol. The maximum absolute atomic E-state index is 12.5. The van der Waals surface area contributed by atoms with Crippen molar-refractivity contribution in [1.82, 2.24) is 0 Å². The molecule has 4 nitrogen and oxygen atoms in total. The maximum atomic E-state index is 12.5. The van der Waals surface area contributed by atoms with Crippen molar-refractivity contribution in [3.8, 4) is 0 Å². The predicted octanol–water partition coefficient (Wildman–Crippen LogP) is 6.84. The van der Waals surface area contributed by atoms with Gasteiger partial charge in [0.1, 0.15) is 6.10 Å². The van der Waals surface area contributed by atoms with Gasteiger partial charge < -0.3 is 9.47 Å². The van der Waals surface area contributed by atoms with Crippen LogP contribution in [0.1, 0.15) is 81.1 Å². The van der Waals surface area contributed by atoms with Crippen LogP contribution in [-0.2, 0) is 9.47 Å². The molecule has 2 aromatic rings. The van der Waals surface area contributed by atoms with Gasteiger partial charge in [-0.1, -0.05) is 88.8 Å². The third-order valence-corrected chi connectivity index (χ3v) is 5.09. The molecular formula is C27H37NO3. The van der Waals surface area contributed by atoms with E-state index >= 15 is 0 Å². The Bertz CT molecular complexity index is 759. The standard InChI is InChI=1S/C27H37NO3/c1-3-5-6-7-8-15-21-30-26(23-17-11-9-12-18-23)28-22-25(16-4-2)31-27(29)24-19-13-10-14-20-24/h9-14,17-20,25H,3-8,15-16,21-22H2,1-2H3. The molecule has 0 radical (unpaired) electrons. The van der Waals surface area contributed by atoms with Crippen LogP contribution in [0.3, 0.4) is 0 Å². The molecule has 0 saturated carbocycles. The van der Waals surface area contributed by atoms with E-state index in [1.54, 1.807) is 12.1 Å². The third-order valence-electron chi connectivity index (χ3n) is 5.09. The largest absolute Gasteiger partial charge is 0.477 e. The number of aliphatic imine (C=N–C) groups is 1. The molecule has 1 atom stereocenters. The fourth-order valence-corrected chi connectivity index (χ4v) is 3.34. The number of carbonyl (C=O) groups is 1. The molecule has 0 amide bonds. The van der Waals surface area contributed by atoms with Gasteiger partial charge in [0, 0.05) is 5.56 Å². The van der Waals surface area contributed by atoms with Gasteiger partial charge in [0.2, 0.25) is 5.90 Å². The van der Waals surface area contributed by atoms with Crippen LogP contribution in [0.2, 0.25) is 0 Å². The van der Waals surface area contributed by atoms with E-state index in [1.807, 2.05) is 48.5 Å². The van der Waals surface area contributed by atoms with E-state index in [0.29, 0.717) is 24.6 Å². The van der Waals surface area contributed by atoms with E-state index in [0.717, 1.165) is 24.8 Å². The van der Waals surface area contributed by atoms with Gasteiger partial charge in [-0.3, -0.25) is 0 Å². The molecule has 0 aliphatic carbocycles. The second-order valence-electron chi connectivity index (χ2n) is 7.81. The van der Waals surface area contributed by atoms with Gasteiger partial charge in [-0.15, -0.1) is 0 Å². The highest BCUT2D eigenvalue weighted by Crippen LogP contribution is 2.11. The SMILES string of the molecule is CCCCCCCCOC(=NCC(CCC)OC(=O)c1ccccc1)c1ccccc1. The summed E-state index contributed by atoms with van der Waals surface area (Å²) in [5.74, 6) is 0.328. The molecule has 31 heavy (non-hydrogen) atoms. The van der Waals surface area contributed by atoms with Crippen molar-refractivity contribution in [3.63, 3.8) is 0 Å². The van der Waals surface area contributed by atoms with E-state index < -0.39 is 0 Å². The minimum atomic E-state index is -0.302. The number of esters is 1. The highest BCUT2D eigenvalue weighted by Gasteiger charge is 2.16. The fraction of sp³-hybridized carbons (Fsp3) is 0.481. The molecule has 4 heteroatoms. The van der Waals surface area contributed by atoms with Crippen molar-refractivity contribution in [1.29, 1.82) is 0 Å². The Kier molecular flexibility index (Phi) is 12.1. The van der Waals surface area contributed by atoms with Gasteiger partial charge in [0.25, 0.3) is 0 Å². The van der Waals surface area contributed by atoms with Gasteiger partial charge in [-0.05, 0) is 37.1 Å². The van der Waals surface area contributed by atoms with Crippen LogP contribution in [0.5, 0.6) is 0 Å². The Morgan fingerprint density at radius 3 is 2.06 bits per heavy atom. The van der Waals surface area contributed by atoms with E-state index in [4.69, 9.17) is 14.5 Å². The number of unbranched alkanes of at least 4 members (excludes halogenated alkanes) is 5. The first-order valence-electron chi connectivity index (χ1n) is 11.7. The second-order valence-corrected chi connectivity index (χ2v) is 7.81. The van der Waals surface area contributed by atoms with Crippen LogP contribution >= 0.6 is 0 Å².